The van der Waals surface area contributed by atoms with Gasteiger partial charge in [0.05, 0.1) is 6.42 Å². The molecule has 1 rings (SSSR count). The Morgan fingerprint density at radius 3 is 2.62 bits per heavy atom. The molecule has 7 nitrogen and oxygen atoms in total. The maximum absolute atomic E-state index is 11.5. The minimum Gasteiger partial charge on any atom is -0.480 e. The van der Waals surface area contributed by atoms with Crippen LogP contribution in [-0.4, -0.2) is 41.6 Å². The molecule has 1 aliphatic rings. The fourth-order valence-electron chi connectivity index (χ4n) is 1.45. The van der Waals surface area contributed by atoms with E-state index in [0.29, 0.717) is 13.0 Å². The highest BCUT2D eigenvalue weighted by Crippen LogP contribution is 2.12. The van der Waals surface area contributed by atoms with Gasteiger partial charge in [-0.25, -0.2) is 4.79 Å². The van der Waals surface area contributed by atoms with Crippen LogP contribution in [0.1, 0.15) is 19.3 Å². The van der Waals surface area contributed by atoms with Crippen LogP contribution in [-0.2, 0) is 19.1 Å². The molecule has 16 heavy (non-hydrogen) atoms. The lowest BCUT2D eigenvalue weighted by Crippen LogP contribution is -2.47. The van der Waals surface area contributed by atoms with Gasteiger partial charge in [-0.1, -0.05) is 0 Å². The number of rotatable bonds is 5. The fraction of sp³-hybridized carbons (Fsp3) is 0.667. The van der Waals surface area contributed by atoms with Crippen molar-refractivity contribution in [3.63, 3.8) is 0 Å². The van der Waals surface area contributed by atoms with E-state index in [-0.39, 0.29) is 0 Å². The van der Waals surface area contributed by atoms with E-state index in [9.17, 15) is 14.4 Å². The summed E-state index contributed by atoms with van der Waals surface area (Å²) in [5.41, 5.74) is 4.88. The number of nitrogens with two attached hydrogens (primary N) is 1. The third kappa shape index (κ3) is 3.50. The normalized spacial score (nSPS) is 21.4. The van der Waals surface area contributed by atoms with Gasteiger partial charge in [0.15, 0.2) is 0 Å². The smallest absolute Gasteiger partial charge is 0.326 e. The van der Waals surface area contributed by atoms with Crippen LogP contribution in [0.15, 0.2) is 0 Å². The molecule has 2 amide bonds. The summed E-state index contributed by atoms with van der Waals surface area (Å²) in [6.45, 7) is 0.492. The van der Waals surface area contributed by atoms with Crippen molar-refractivity contribution in [3.05, 3.63) is 0 Å². The average Bonchev–Trinajstić information content (AvgIpc) is 2.68. The maximum Gasteiger partial charge on any atom is 0.326 e. The molecule has 90 valence electrons. The second-order valence-electron chi connectivity index (χ2n) is 3.57. The van der Waals surface area contributed by atoms with E-state index in [1.165, 1.54) is 0 Å². The number of carbonyl (C=O) groups is 3. The summed E-state index contributed by atoms with van der Waals surface area (Å²) in [6, 6.07) is -1.28. The van der Waals surface area contributed by atoms with Gasteiger partial charge in [0, 0.05) is 6.61 Å². The van der Waals surface area contributed by atoms with Crippen molar-refractivity contribution >= 4 is 17.8 Å². The molecular weight excluding hydrogens is 216 g/mol. The fourth-order valence-corrected chi connectivity index (χ4v) is 1.45. The predicted octanol–water partition coefficient (Wildman–Crippen LogP) is -1.39. The molecule has 0 radical (unpaired) electrons. The molecule has 0 aromatic rings. The first-order chi connectivity index (χ1) is 7.50. The quantitative estimate of drug-likeness (QED) is 0.537. The lowest BCUT2D eigenvalue weighted by Gasteiger charge is -2.15. The Labute approximate surface area is 91.9 Å². The summed E-state index contributed by atoms with van der Waals surface area (Å²) < 4.78 is 5.08. The lowest BCUT2D eigenvalue weighted by atomic mass is 10.1. The van der Waals surface area contributed by atoms with Crippen LogP contribution >= 0.6 is 0 Å². The van der Waals surface area contributed by atoms with Crippen LogP contribution in [0.5, 0.6) is 0 Å². The van der Waals surface area contributed by atoms with Crippen LogP contribution in [0.2, 0.25) is 0 Å². The van der Waals surface area contributed by atoms with E-state index in [1.54, 1.807) is 0 Å². The molecule has 0 aromatic carbocycles. The average molecular weight is 230 g/mol. The van der Waals surface area contributed by atoms with Crippen molar-refractivity contribution in [3.8, 4) is 0 Å². The molecule has 1 fully saturated rings. The molecule has 0 aromatic heterocycles. The third-order valence-corrected chi connectivity index (χ3v) is 2.24. The van der Waals surface area contributed by atoms with E-state index < -0.39 is 36.4 Å². The zero-order valence-electron chi connectivity index (χ0n) is 8.64. The number of hydrogen-bond acceptors (Lipinski definition) is 4. The summed E-state index contributed by atoms with van der Waals surface area (Å²) >= 11 is 0. The molecular formula is C9H14N2O5. The predicted molar refractivity (Wildman–Crippen MR) is 52.4 cm³/mol. The first kappa shape index (κ1) is 12.4. The number of amides is 2. The van der Waals surface area contributed by atoms with Crippen molar-refractivity contribution in [2.75, 3.05) is 6.61 Å². The number of primary amides is 1. The zero-order valence-corrected chi connectivity index (χ0v) is 8.64. The van der Waals surface area contributed by atoms with E-state index in [4.69, 9.17) is 15.6 Å². The molecule has 0 bridgehead atoms. The second-order valence-corrected chi connectivity index (χ2v) is 3.57. The number of carbonyl (C=O) groups excluding carboxylic acids is 2. The molecule has 2 atom stereocenters. The first-order valence-corrected chi connectivity index (χ1v) is 4.94. The van der Waals surface area contributed by atoms with E-state index in [1.807, 2.05) is 0 Å². The first-order valence-electron chi connectivity index (χ1n) is 4.94. The second kappa shape index (κ2) is 5.45. The van der Waals surface area contributed by atoms with Crippen molar-refractivity contribution in [2.45, 2.75) is 31.4 Å². The van der Waals surface area contributed by atoms with Gasteiger partial charge in [0.1, 0.15) is 12.1 Å². The Bertz CT molecular complexity index is 298. The van der Waals surface area contributed by atoms with Crippen molar-refractivity contribution in [1.82, 2.24) is 5.32 Å². The van der Waals surface area contributed by atoms with Gasteiger partial charge in [-0.3, -0.25) is 9.59 Å². The summed E-state index contributed by atoms with van der Waals surface area (Å²) in [6.07, 6.45) is 0.295. The standard InChI is InChI=1S/C9H14N2O5/c10-7(12)4-5(9(14)15)11-8(13)6-2-1-3-16-6/h5-6H,1-4H2,(H2,10,12)(H,11,13)(H,14,15)/t5-,6+/m0/s1. The van der Waals surface area contributed by atoms with Gasteiger partial charge in [-0.2, -0.15) is 0 Å². The van der Waals surface area contributed by atoms with Crippen molar-refractivity contribution in [2.24, 2.45) is 5.73 Å². The summed E-state index contributed by atoms with van der Waals surface area (Å²) in [7, 11) is 0. The van der Waals surface area contributed by atoms with Crippen molar-refractivity contribution in [1.29, 1.82) is 0 Å². The van der Waals surface area contributed by atoms with Crippen LogP contribution in [0.3, 0.4) is 0 Å². The Hall–Kier alpha value is -1.63. The lowest BCUT2D eigenvalue weighted by molar-refractivity contribution is -0.144. The van der Waals surface area contributed by atoms with Gasteiger partial charge in [0.2, 0.25) is 11.8 Å². The van der Waals surface area contributed by atoms with Gasteiger partial charge >= 0.3 is 5.97 Å². The summed E-state index contributed by atoms with van der Waals surface area (Å²) in [4.78, 5) is 32.8. The molecule has 0 unspecified atom stereocenters. The summed E-state index contributed by atoms with van der Waals surface area (Å²) in [5.74, 6) is -2.57. The largest absolute Gasteiger partial charge is 0.480 e. The highest BCUT2D eigenvalue weighted by Gasteiger charge is 2.28. The molecule has 4 N–H and O–H groups in total. The van der Waals surface area contributed by atoms with Gasteiger partial charge in [-0.15, -0.1) is 0 Å². The Morgan fingerprint density at radius 2 is 2.19 bits per heavy atom. The minimum absolute atomic E-state index is 0.423. The molecule has 0 saturated carbocycles. The summed E-state index contributed by atoms with van der Waals surface area (Å²) in [5, 5.41) is 11.0. The van der Waals surface area contributed by atoms with Gasteiger partial charge < -0.3 is 20.9 Å². The minimum atomic E-state index is -1.29. The number of aliphatic carboxylic acids is 1. The van der Waals surface area contributed by atoms with Crippen LogP contribution in [0.25, 0.3) is 0 Å². The van der Waals surface area contributed by atoms with E-state index >= 15 is 0 Å². The highest BCUT2D eigenvalue weighted by molar-refractivity contribution is 5.89. The monoisotopic (exact) mass is 230 g/mol. The molecule has 0 spiro atoms. The van der Waals surface area contributed by atoms with E-state index in [0.717, 1.165) is 6.42 Å². The SMILES string of the molecule is NC(=O)C[C@H](NC(=O)[C@H]1CCCO1)C(=O)O. The van der Waals surface area contributed by atoms with Crippen molar-refractivity contribution < 1.29 is 24.2 Å². The number of ether oxygens (including phenoxy) is 1. The molecule has 7 heteroatoms. The molecule has 0 aliphatic carbocycles. The van der Waals surface area contributed by atoms with Crippen LogP contribution < -0.4 is 11.1 Å². The third-order valence-electron chi connectivity index (χ3n) is 2.24. The zero-order chi connectivity index (χ0) is 12.1. The van der Waals surface area contributed by atoms with Crippen LogP contribution in [0.4, 0.5) is 0 Å². The Morgan fingerprint density at radius 1 is 1.50 bits per heavy atom. The Balaban J connectivity index is 2.50. The van der Waals surface area contributed by atoms with Crippen LogP contribution in [0, 0.1) is 0 Å². The molecule has 1 aliphatic heterocycles. The number of hydrogen-bond donors (Lipinski definition) is 3. The van der Waals surface area contributed by atoms with Gasteiger partial charge in [-0.05, 0) is 12.8 Å². The van der Waals surface area contributed by atoms with E-state index in [2.05, 4.69) is 5.32 Å². The molecule has 1 heterocycles. The molecule has 1 saturated heterocycles. The maximum atomic E-state index is 11.5. The number of nitrogens with one attached hydrogen (secondary N) is 1. The highest BCUT2D eigenvalue weighted by atomic mass is 16.5. The topological polar surface area (TPSA) is 119 Å². The van der Waals surface area contributed by atoms with Gasteiger partial charge in [0.25, 0.3) is 0 Å². The number of carboxylic acid groups (broad SMARTS) is 1. The Kier molecular flexibility index (Phi) is 4.24. The number of carboxylic acids is 1.